The molecule has 0 spiro atoms. The van der Waals surface area contributed by atoms with E-state index in [0.717, 1.165) is 13.0 Å². The quantitative estimate of drug-likeness (QED) is 0.211. The number of nitro benzene ring substituents is 1. The van der Waals surface area contributed by atoms with Crippen LogP contribution in [0.25, 0.3) is 0 Å². The molecule has 0 aromatic heterocycles. The molecule has 0 aliphatic heterocycles. The molecule has 28 heavy (non-hydrogen) atoms. The fourth-order valence-corrected chi connectivity index (χ4v) is 3.12. The number of benzene rings is 2. The first-order valence-electron chi connectivity index (χ1n) is 8.38. The molecule has 0 unspecified atom stereocenters. The van der Waals surface area contributed by atoms with E-state index in [2.05, 4.69) is 10.6 Å². The number of rotatable bonds is 9. The minimum absolute atomic E-state index is 0. The van der Waals surface area contributed by atoms with Crippen molar-refractivity contribution in [3.63, 3.8) is 0 Å². The fourth-order valence-electron chi connectivity index (χ4n) is 2.57. The summed E-state index contributed by atoms with van der Waals surface area (Å²) in [6.45, 7) is 1.25. The minimum atomic E-state index is -0.511. The molecule has 150 valence electrons. The third kappa shape index (κ3) is 5.79. The van der Waals surface area contributed by atoms with Crippen LogP contribution in [-0.2, 0) is 0 Å². The monoisotopic (exact) mass is 423 g/mol. The highest BCUT2D eigenvalue weighted by Crippen LogP contribution is 2.29. The summed E-state index contributed by atoms with van der Waals surface area (Å²) in [5.74, 6) is -0.767. The Hall–Kier alpha value is -2.42. The average Bonchev–Trinajstić information content (AvgIpc) is 2.70. The van der Waals surface area contributed by atoms with E-state index >= 15 is 0 Å². The summed E-state index contributed by atoms with van der Waals surface area (Å²) in [4.78, 5) is 36.6. The summed E-state index contributed by atoms with van der Waals surface area (Å²) in [5, 5.41) is 17.0. The van der Waals surface area contributed by atoms with E-state index < -0.39 is 10.7 Å². The molecular formula is C19H22ClN3O4S. The Morgan fingerprint density at radius 2 is 1.79 bits per heavy atom. The smallest absolute Gasteiger partial charge is 0.283 e. The van der Waals surface area contributed by atoms with Crippen LogP contribution in [0.15, 0.2) is 47.4 Å². The summed E-state index contributed by atoms with van der Waals surface area (Å²) < 4.78 is 0. The van der Waals surface area contributed by atoms with Crippen molar-refractivity contribution in [2.45, 2.75) is 11.3 Å². The van der Waals surface area contributed by atoms with Gasteiger partial charge >= 0.3 is 0 Å². The lowest BCUT2D eigenvalue weighted by molar-refractivity contribution is -0.387. The number of nitrogens with one attached hydrogen (secondary N) is 2. The maximum Gasteiger partial charge on any atom is 0.283 e. The van der Waals surface area contributed by atoms with Gasteiger partial charge in [-0.05, 0) is 44.5 Å². The summed E-state index contributed by atoms with van der Waals surface area (Å²) in [7, 11) is 1.83. The van der Waals surface area contributed by atoms with E-state index in [4.69, 9.17) is 0 Å². The highest BCUT2D eigenvalue weighted by atomic mass is 35.5. The zero-order chi connectivity index (χ0) is 19.8. The third-order valence-electron chi connectivity index (χ3n) is 3.94. The van der Waals surface area contributed by atoms with Gasteiger partial charge in [-0.1, -0.05) is 18.2 Å². The average molecular weight is 424 g/mol. The Kier molecular flexibility index (Phi) is 9.64. The molecule has 2 aromatic carbocycles. The SMILES string of the molecule is CNCCCNC(=O)c1ccccc1C(=O)c1ccc(SC)c([N+](=O)[O-])c1.Cl. The van der Waals surface area contributed by atoms with Crippen LogP contribution in [0.1, 0.15) is 32.7 Å². The van der Waals surface area contributed by atoms with Crippen LogP contribution in [-0.4, -0.2) is 43.0 Å². The molecular weight excluding hydrogens is 402 g/mol. The standard InChI is InChI=1S/C19H21N3O4S.ClH/c1-20-10-5-11-21-19(24)15-7-4-3-6-14(15)18(23)13-8-9-17(27-2)16(12-13)22(25)26;/h3-4,6-9,12,20H,5,10-11H2,1-2H3,(H,21,24);1H. The lowest BCUT2D eigenvalue weighted by Crippen LogP contribution is -2.28. The van der Waals surface area contributed by atoms with Gasteiger partial charge in [-0.25, -0.2) is 0 Å². The van der Waals surface area contributed by atoms with Crippen molar-refractivity contribution in [2.24, 2.45) is 0 Å². The fraction of sp³-hybridized carbons (Fsp3) is 0.263. The number of hydrogen-bond donors (Lipinski definition) is 2. The molecule has 0 fully saturated rings. The molecule has 0 saturated heterocycles. The van der Waals surface area contributed by atoms with E-state index in [1.165, 1.54) is 17.8 Å². The maximum atomic E-state index is 12.9. The maximum absolute atomic E-state index is 12.9. The molecule has 2 aromatic rings. The van der Waals surface area contributed by atoms with Crippen LogP contribution in [0.5, 0.6) is 0 Å². The van der Waals surface area contributed by atoms with Crippen LogP contribution in [0.3, 0.4) is 0 Å². The second-order valence-corrected chi connectivity index (χ2v) is 6.58. The van der Waals surface area contributed by atoms with Crippen LogP contribution < -0.4 is 10.6 Å². The Morgan fingerprint density at radius 3 is 2.39 bits per heavy atom. The molecule has 7 nitrogen and oxygen atoms in total. The first kappa shape index (κ1) is 23.6. The number of thioether (sulfide) groups is 1. The van der Waals surface area contributed by atoms with Crippen LogP contribution in [0.4, 0.5) is 5.69 Å². The van der Waals surface area contributed by atoms with Crippen molar-refractivity contribution in [1.29, 1.82) is 0 Å². The molecule has 9 heteroatoms. The van der Waals surface area contributed by atoms with Gasteiger partial charge in [0.15, 0.2) is 5.78 Å². The van der Waals surface area contributed by atoms with E-state index in [9.17, 15) is 19.7 Å². The summed E-state index contributed by atoms with van der Waals surface area (Å²) in [6, 6.07) is 10.8. The Bertz CT molecular complexity index is 861. The number of halogens is 1. The van der Waals surface area contributed by atoms with Crippen molar-refractivity contribution in [1.82, 2.24) is 10.6 Å². The molecule has 0 bridgehead atoms. The Balaban J connectivity index is 0.00000392. The van der Waals surface area contributed by atoms with Gasteiger partial charge in [0.25, 0.3) is 11.6 Å². The molecule has 0 heterocycles. The molecule has 0 radical (unpaired) electrons. The topological polar surface area (TPSA) is 101 Å². The summed E-state index contributed by atoms with van der Waals surface area (Å²) >= 11 is 1.24. The minimum Gasteiger partial charge on any atom is -0.352 e. The number of carbonyl (C=O) groups excluding carboxylic acids is 2. The van der Waals surface area contributed by atoms with Crippen molar-refractivity contribution in [3.05, 3.63) is 69.3 Å². The van der Waals surface area contributed by atoms with Crippen molar-refractivity contribution in [3.8, 4) is 0 Å². The van der Waals surface area contributed by atoms with E-state index in [1.54, 1.807) is 42.7 Å². The molecule has 2 rings (SSSR count). The van der Waals surface area contributed by atoms with Gasteiger partial charge in [-0.2, -0.15) is 0 Å². The first-order valence-corrected chi connectivity index (χ1v) is 9.61. The number of ketones is 1. The highest BCUT2D eigenvalue weighted by Gasteiger charge is 2.21. The number of carbonyl (C=O) groups is 2. The van der Waals surface area contributed by atoms with Gasteiger partial charge < -0.3 is 10.6 Å². The number of amides is 1. The van der Waals surface area contributed by atoms with Gasteiger partial charge in [-0.3, -0.25) is 19.7 Å². The first-order chi connectivity index (χ1) is 13.0. The highest BCUT2D eigenvalue weighted by molar-refractivity contribution is 7.98. The zero-order valence-corrected chi connectivity index (χ0v) is 17.2. The molecule has 1 amide bonds. The lowest BCUT2D eigenvalue weighted by atomic mass is 9.97. The van der Waals surface area contributed by atoms with Gasteiger partial charge in [0.05, 0.1) is 15.4 Å². The van der Waals surface area contributed by atoms with Gasteiger partial charge in [0, 0.05) is 23.7 Å². The van der Waals surface area contributed by atoms with Gasteiger partial charge in [0.1, 0.15) is 0 Å². The predicted octanol–water partition coefficient (Wildman–Crippen LogP) is 3.31. The zero-order valence-electron chi connectivity index (χ0n) is 15.6. The second kappa shape index (κ2) is 11.4. The lowest BCUT2D eigenvalue weighted by Gasteiger charge is -2.10. The number of nitrogens with zero attached hydrogens (tertiary/aromatic N) is 1. The molecule has 2 N–H and O–H groups in total. The van der Waals surface area contributed by atoms with Gasteiger partial charge in [0.2, 0.25) is 0 Å². The second-order valence-electron chi connectivity index (χ2n) is 5.73. The van der Waals surface area contributed by atoms with Gasteiger partial charge in [-0.15, -0.1) is 24.2 Å². The van der Waals surface area contributed by atoms with Crippen LogP contribution in [0.2, 0.25) is 0 Å². The van der Waals surface area contributed by atoms with E-state index in [1.807, 2.05) is 7.05 Å². The molecule has 0 atom stereocenters. The predicted molar refractivity (Wildman–Crippen MR) is 113 cm³/mol. The largest absolute Gasteiger partial charge is 0.352 e. The number of nitro groups is 1. The van der Waals surface area contributed by atoms with E-state index in [0.29, 0.717) is 11.4 Å². The normalized spacial score (nSPS) is 10.1. The summed E-state index contributed by atoms with van der Waals surface area (Å²) in [5.41, 5.74) is 0.524. The Labute approximate surface area is 173 Å². The van der Waals surface area contributed by atoms with Crippen LogP contribution >= 0.6 is 24.2 Å². The van der Waals surface area contributed by atoms with Crippen LogP contribution in [0, 0.1) is 10.1 Å². The molecule has 0 aliphatic rings. The van der Waals surface area contributed by atoms with Crippen molar-refractivity contribution >= 4 is 41.5 Å². The molecule has 0 saturated carbocycles. The number of hydrogen-bond acceptors (Lipinski definition) is 6. The van der Waals surface area contributed by atoms with Crippen molar-refractivity contribution in [2.75, 3.05) is 26.4 Å². The third-order valence-corrected chi connectivity index (χ3v) is 4.73. The van der Waals surface area contributed by atoms with Crippen molar-refractivity contribution < 1.29 is 14.5 Å². The molecule has 0 aliphatic carbocycles. The Morgan fingerprint density at radius 1 is 1.11 bits per heavy atom. The summed E-state index contributed by atoms with van der Waals surface area (Å²) in [6.07, 6.45) is 2.50. The van der Waals surface area contributed by atoms with E-state index in [-0.39, 0.29) is 40.7 Å².